The fourth-order valence-electron chi connectivity index (χ4n) is 2.66. The largest absolute Gasteiger partial charge is 0.364 e. The van der Waals surface area contributed by atoms with Crippen LogP contribution in [-0.2, 0) is 6.54 Å². The lowest BCUT2D eigenvalue weighted by Gasteiger charge is -2.29. The molecule has 2 atom stereocenters. The summed E-state index contributed by atoms with van der Waals surface area (Å²) in [6.07, 6.45) is 2.78. The molecule has 0 amide bonds. The molecule has 3 N–H and O–H groups in total. The van der Waals surface area contributed by atoms with E-state index in [9.17, 15) is 4.39 Å². The number of nitrogens with one attached hydrogen (secondary N) is 1. The number of hydrogen-bond donors (Lipinski definition) is 2. The fourth-order valence-corrected chi connectivity index (χ4v) is 2.66. The number of fused-ring (bicyclic) bond motifs is 2. The SMILES string of the molecule is NCc1cc(N2C[C@H]3C[C@@H]2CN3)cnc1F. The number of anilines is 1. The molecule has 0 radical (unpaired) electrons. The second-order valence-corrected chi connectivity index (χ2v) is 4.49. The van der Waals surface area contributed by atoms with Gasteiger partial charge in [-0.1, -0.05) is 0 Å². The summed E-state index contributed by atoms with van der Waals surface area (Å²) in [5.41, 5.74) is 6.97. The zero-order valence-corrected chi connectivity index (χ0v) is 8.99. The zero-order valence-electron chi connectivity index (χ0n) is 8.99. The van der Waals surface area contributed by atoms with Crippen molar-refractivity contribution >= 4 is 5.69 Å². The molecule has 16 heavy (non-hydrogen) atoms. The van der Waals surface area contributed by atoms with Crippen LogP contribution < -0.4 is 16.0 Å². The number of aromatic nitrogens is 1. The van der Waals surface area contributed by atoms with E-state index >= 15 is 0 Å². The normalized spacial score (nSPS) is 27.8. The molecule has 1 aromatic rings. The number of nitrogens with zero attached hydrogens (tertiary/aromatic N) is 2. The molecule has 0 aromatic carbocycles. The summed E-state index contributed by atoms with van der Waals surface area (Å²) < 4.78 is 13.2. The van der Waals surface area contributed by atoms with Gasteiger partial charge in [-0.25, -0.2) is 4.98 Å². The van der Waals surface area contributed by atoms with Crippen molar-refractivity contribution in [3.8, 4) is 0 Å². The van der Waals surface area contributed by atoms with Crippen LogP contribution in [0.1, 0.15) is 12.0 Å². The Bertz CT molecular complexity index is 409. The molecule has 2 aliphatic heterocycles. The van der Waals surface area contributed by atoms with Gasteiger partial charge in [0, 0.05) is 37.3 Å². The lowest BCUT2D eigenvalue weighted by atomic mass is 10.2. The molecule has 4 nitrogen and oxygen atoms in total. The summed E-state index contributed by atoms with van der Waals surface area (Å²) in [5, 5.41) is 3.43. The van der Waals surface area contributed by atoms with Crippen molar-refractivity contribution in [2.24, 2.45) is 5.73 Å². The minimum Gasteiger partial charge on any atom is -0.364 e. The molecule has 0 spiro atoms. The fraction of sp³-hybridized carbons (Fsp3) is 0.545. The third-order valence-electron chi connectivity index (χ3n) is 3.51. The van der Waals surface area contributed by atoms with Crippen molar-refractivity contribution in [3.05, 3.63) is 23.8 Å². The topological polar surface area (TPSA) is 54.2 Å². The first-order valence-corrected chi connectivity index (χ1v) is 5.62. The molecule has 0 saturated carbocycles. The van der Waals surface area contributed by atoms with Crippen LogP contribution in [0.5, 0.6) is 0 Å². The number of rotatable bonds is 2. The maximum absolute atomic E-state index is 13.2. The van der Waals surface area contributed by atoms with E-state index in [1.165, 1.54) is 6.42 Å². The van der Waals surface area contributed by atoms with E-state index in [2.05, 4.69) is 15.2 Å². The minimum absolute atomic E-state index is 0.201. The summed E-state index contributed by atoms with van der Waals surface area (Å²) in [6, 6.07) is 2.93. The van der Waals surface area contributed by atoms with Crippen molar-refractivity contribution in [1.82, 2.24) is 10.3 Å². The van der Waals surface area contributed by atoms with E-state index in [4.69, 9.17) is 5.73 Å². The predicted molar refractivity (Wildman–Crippen MR) is 59.6 cm³/mol. The summed E-state index contributed by atoms with van der Waals surface area (Å²) in [5.74, 6) is -0.450. The average Bonchev–Trinajstić information content (AvgIpc) is 2.91. The van der Waals surface area contributed by atoms with E-state index < -0.39 is 5.95 Å². The second kappa shape index (κ2) is 3.68. The Kier molecular flexibility index (Phi) is 2.29. The van der Waals surface area contributed by atoms with Gasteiger partial charge in [-0.05, 0) is 12.5 Å². The first kappa shape index (κ1) is 9.99. The summed E-state index contributed by atoms with van der Waals surface area (Å²) in [4.78, 5) is 6.07. The van der Waals surface area contributed by atoms with E-state index in [1.54, 1.807) is 6.20 Å². The van der Waals surface area contributed by atoms with Crippen molar-refractivity contribution in [2.45, 2.75) is 25.0 Å². The van der Waals surface area contributed by atoms with Gasteiger partial charge in [-0.15, -0.1) is 0 Å². The van der Waals surface area contributed by atoms with Gasteiger partial charge in [0.25, 0.3) is 0 Å². The number of pyridine rings is 1. The molecule has 3 heterocycles. The van der Waals surface area contributed by atoms with Gasteiger partial charge in [0.05, 0.1) is 11.9 Å². The van der Waals surface area contributed by atoms with Gasteiger partial charge in [0.2, 0.25) is 5.95 Å². The molecule has 2 fully saturated rings. The van der Waals surface area contributed by atoms with E-state index in [1.807, 2.05) is 6.07 Å². The highest BCUT2D eigenvalue weighted by Crippen LogP contribution is 2.29. The third-order valence-corrected chi connectivity index (χ3v) is 3.51. The van der Waals surface area contributed by atoms with Crippen LogP contribution in [-0.4, -0.2) is 30.2 Å². The second-order valence-electron chi connectivity index (χ2n) is 4.49. The van der Waals surface area contributed by atoms with E-state index in [-0.39, 0.29) is 6.54 Å². The van der Waals surface area contributed by atoms with Crippen LogP contribution in [0.4, 0.5) is 10.1 Å². The van der Waals surface area contributed by atoms with Gasteiger partial charge >= 0.3 is 0 Å². The highest BCUT2D eigenvalue weighted by Gasteiger charge is 2.37. The number of piperazine rings is 1. The van der Waals surface area contributed by atoms with E-state index in [0.29, 0.717) is 17.6 Å². The molecule has 0 aliphatic carbocycles. The first-order chi connectivity index (χ1) is 7.78. The molecule has 2 bridgehead atoms. The van der Waals surface area contributed by atoms with Crippen LogP contribution in [0.2, 0.25) is 0 Å². The maximum atomic E-state index is 13.2. The van der Waals surface area contributed by atoms with Crippen LogP contribution in [0.25, 0.3) is 0 Å². The molecule has 2 aliphatic rings. The summed E-state index contributed by atoms with van der Waals surface area (Å²) in [6.45, 7) is 2.20. The molecule has 3 rings (SSSR count). The van der Waals surface area contributed by atoms with Crippen LogP contribution >= 0.6 is 0 Å². The van der Waals surface area contributed by atoms with Crippen LogP contribution in [0.15, 0.2) is 12.3 Å². The van der Waals surface area contributed by atoms with Crippen LogP contribution in [0, 0.1) is 5.95 Å². The maximum Gasteiger partial charge on any atom is 0.217 e. The van der Waals surface area contributed by atoms with Gasteiger partial charge < -0.3 is 16.0 Å². The van der Waals surface area contributed by atoms with Gasteiger partial charge in [0.1, 0.15) is 0 Å². The average molecular weight is 222 g/mol. The zero-order chi connectivity index (χ0) is 11.1. The van der Waals surface area contributed by atoms with Gasteiger partial charge in [-0.3, -0.25) is 0 Å². The molecule has 0 unspecified atom stereocenters. The molecule has 1 aromatic heterocycles. The predicted octanol–water partition coefficient (Wildman–Crippen LogP) is 0.230. The van der Waals surface area contributed by atoms with Crippen molar-refractivity contribution in [2.75, 3.05) is 18.0 Å². The van der Waals surface area contributed by atoms with Gasteiger partial charge in [-0.2, -0.15) is 4.39 Å². The Labute approximate surface area is 93.6 Å². The van der Waals surface area contributed by atoms with Gasteiger partial charge in [0.15, 0.2) is 0 Å². The molecular weight excluding hydrogens is 207 g/mol. The molecule has 2 saturated heterocycles. The van der Waals surface area contributed by atoms with Crippen LogP contribution in [0.3, 0.4) is 0 Å². The minimum atomic E-state index is -0.450. The van der Waals surface area contributed by atoms with E-state index in [0.717, 1.165) is 18.8 Å². The third kappa shape index (κ3) is 1.47. The Morgan fingerprint density at radius 3 is 3.12 bits per heavy atom. The van der Waals surface area contributed by atoms with Crippen molar-refractivity contribution < 1.29 is 4.39 Å². The standard InChI is InChI=1S/C11H15FN4/c12-11-7(3-13)1-9(5-15-11)16-6-8-2-10(16)4-14-8/h1,5,8,10,14H,2-4,6,13H2/t8-,10-/m1/s1. The Hall–Kier alpha value is -1.20. The summed E-state index contributed by atoms with van der Waals surface area (Å²) >= 11 is 0. The lowest BCUT2D eigenvalue weighted by molar-refractivity contribution is 0.559. The highest BCUT2D eigenvalue weighted by atomic mass is 19.1. The van der Waals surface area contributed by atoms with Crippen molar-refractivity contribution in [3.63, 3.8) is 0 Å². The number of hydrogen-bond acceptors (Lipinski definition) is 4. The monoisotopic (exact) mass is 222 g/mol. The Balaban J connectivity index is 1.89. The lowest BCUT2D eigenvalue weighted by Crippen LogP contribution is -2.43. The smallest absolute Gasteiger partial charge is 0.217 e. The molecule has 5 heteroatoms. The highest BCUT2D eigenvalue weighted by molar-refractivity contribution is 5.50. The number of halogens is 1. The molecular formula is C11H15FN4. The Morgan fingerprint density at radius 2 is 2.50 bits per heavy atom. The quantitative estimate of drug-likeness (QED) is 0.703. The summed E-state index contributed by atoms with van der Waals surface area (Å²) in [7, 11) is 0. The van der Waals surface area contributed by atoms with Crippen molar-refractivity contribution in [1.29, 1.82) is 0 Å². The number of nitrogens with two attached hydrogens (primary N) is 1. The molecule has 86 valence electrons. The first-order valence-electron chi connectivity index (χ1n) is 5.62. The Morgan fingerprint density at radius 1 is 1.62 bits per heavy atom.